The number of nitrogens with two attached hydrogens (primary N) is 1. The molecule has 0 aliphatic carbocycles. The van der Waals surface area contributed by atoms with Crippen LogP contribution in [0.3, 0.4) is 0 Å². The van der Waals surface area contributed by atoms with E-state index in [4.69, 9.17) is 5.73 Å². The lowest BCUT2D eigenvalue weighted by molar-refractivity contribution is -0.130. The van der Waals surface area contributed by atoms with Crippen LogP contribution in [0.2, 0.25) is 0 Å². The van der Waals surface area contributed by atoms with Crippen LogP contribution < -0.4 is 21.7 Å². The molecule has 3 rings (SSSR count). The fraction of sp³-hybridized carbons (Fsp3) is 0.409. The number of aryl methyl sites for hydroxylation is 1. The van der Waals surface area contributed by atoms with Crippen LogP contribution in [0.5, 0.6) is 0 Å². The van der Waals surface area contributed by atoms with Crippen molar-refractivity contribution < 1.29 is 9.59 Å². The second-order valence-corrected chi connectivity index (χ2v) is 7.66. The first kappa shape index (κ1) is 27.6. The molecule has 8 nitrogen and oxygen atoms in total. The van der Waals surface area contributed by atoms with Gasteiger partial charge in [0.15, 0.2) is 0 Å². The van der Waals surface area contributed by atoms with Gasteiger partial charge in [0.2, 0.25) is 11.8 Å². The maximum absolute atomic E-state index is 12.7. The highest BCUT2D eigenvalue weighted by molar-refractivity contribution is 5.89. The molecule has 0 spiro atoms. The van der Waals surface area contributed by atoms with Crippen LogP contribution in [0.4, 0.5) is 5.82 Å². The van der Waals surface area contributed by atoms with E-state index in [0.717, 1.165) is 30.9 Å². The highest BCUT2D eigenvalue weighted by Gasteiger charge is 2.27. The Hall–Kier alpha value is -2.39. The molecule has 2 aromatic rings. The van der Waals surface area contributed by atoms with E-state index >= 15 is 0 Å². The van der Waals surface area contributed by atoms with Gasteiger partial charge in [0.25, 0.3) is 0 Å². The second-order valence-electron chi connectivity index (χ2n) is 7.66. The Morgan fingerprint density at radius 1 is 1.22 bits per heavy atom. The zero-order valence-corrected chi connectivity index (χ0v) is 20.0. The average Bonchev–Trinajstić information content (AvgIpc) is 2.73. The number of carbonyl (C=O) groups is 2. The van der Waals surface area contributed by atoms with Crippen molar-refractivity contribution in [3.8, 4) is 0 Å². The number of anilines is 1. The number of hydrogen-bond donors (Lipinski definition) is 4. The van der Waals surface area contributed by atoms with Gasteiger partial charge in [0.1, 0.15) is 11.9 Å². The molecule has 0 radical (unpaired) electrons. The van der Waals surface area contributed by atoms with Crippen LogP contribution in [0, 0.1) is 6.92 Å². The van der Waals surface area contributed by atoms with E-state index in [2.05, 4.69) is 38.0 Å². The van der Waals surface area contributed by atoms with E-state index in [1.807, 2.05) is 31.2 Å². The molecular formula is C22H32Cl2N6O2. The summed E-state index contributed by atoms with van der Waals surface area (Å²) in [6, 6.07) is 12.8. The minimum atomic E-state index is -0.633. The fourth-order valence-electron chi connectivity index (χ4n) is 3.48. The predicted molar refractivity (Wildman–Crippen MR) is 131 cm³/mol. The van der Waals surface area contributed by atoms with Gasteiger partial charge in [-0.05, 0) is 31.0 Å². The van der Waals surface area contributed by atoms with Crippen molar-refractivity contribution in [2.45, 2.75) is 39.0 Å². The fourth-order valence-corrected chi connectivity index (χ4v) is 3.48. The number of hydrogen-bond acceptors (Lipinski definition) is 6. The Labute approximate surface area is 201 Å². The quantitative estimate of drug-likeness (QED) is 0.474. The monoisotopic (exact) mass is 482 g/mol. The number of nitrogens with one attached hydrogen (secondary N) is 3. The van der Waals surface area contributed by atoms with Crippen LogP contribution >= 0.6 is 24.8 Å². The van der Waals surface area contributed by atoms with E-state index in [1.54, 1.807) is 13.0 Å². The zero-order chi connectivity index (χ0) is 21.5. The summed E-state index contributed by atoms with van der Waals surface area (Å²) in [5.74, 6) is 0.0433. The number of nitrogen functional groups attached to an aromatic ring is 1. The van der Waals surface area contributed by atoms with Crippen LogP contribution in [0.1, 0.15) is 23.7 Å². The molecule has 32 heavy (non-hydrogen) atoms. The van der Waals surface area contributed by atoms with Crippen LogP contribution in [-0.2, 0) is 22.7 Å². The van der Waals surface area contributed by atoms with Crippen LogP contribution in [-0.4, -0.2) is 53.4 Å². The minimum Gasteiger partial charge on any atom is -0.384 e. The Bertz CT molecular complexity index is 884. The highest BCUT2D eigenvalue weighted by atomic mass is 35.5. The summed E-state index contributed by atoms with van der Waals surface area (Å²) in [5.41, 5.74) is 8.54. The van der Waals surface area contributed by atoms with E-state index in [1.165, 1.54) is 5.56 Å². The smallest absolute Gasteiger partial charge is 0.242 e. The van der Waals surface area contributed by atoms with Gasteiger partial charge in [-0.3, -0.25) is 14.5 Å². The predicted octanol–water partition coefficient (Wildman–Crippen LogP) is 1.41. The standard InChI is InChI=1S/C22H30N6O2.2ClH/c1-15-18(8-9-20(23)26-15)12-25-21(29)16(2)27-22(30)19-14-28(11-10-24-19)13-17-6-4-3-5-7-17;;/h3-9,16,19,24H,10-14H2,1-2H3,(H2,23,26)(H,25,29)(H,27,30);2*1H. The third-order valence-corrected chi connectivity index (χ3v) is 5.25. The van der Waals surface area contributed by atoms with E-state index in [-0.39, 0.29) is 42.7 Å². The summed E-state index contributed by atoms with van der Waals surface area (Å²) in [6.07, 6.45) is 0. The maximum atomic E-state index is 12.7. The summed E-state index contributed by atoms with van der Waals surface area (Å²) in [7, 11) is 0. The Balaban J connectivity index is 0.00000256. The molecule has 1 aliphatic heterocycles. The number of carbonyl (C=O) groups excluding carboxylic acids is 2. The zero-order valence-electron chi connectivity index (χ0n) is 18.3. The molecule has 1 aliphatic rings. The highest BCUT2D eigenvalue weighted by Crippen LogP contribution is 2.09. The van der Waals surface area contributed by atoms with Crippen LogP contribution in [0.25, 0.3) is 0 Å². The number of piperazine rings is 1. The largest absolute Gasteiger partial charge is 0.384 e. The Morgan fingerprint density at radius 3 is 2.62 bits per heavy atom. The SMILES string of the molecule is Cc1nc(N)ccc1CNC(=O)C(C)NC(=O)C1CN(Cc2ccccc2)CCN1.Cl.Cl. The Morgan fingerprint density at radius 2 is 1.94 bits per heavy atom. The molecule has 1 aromatic carbocycles. The molecule has 2 atom stereocenters. The van der Waals surface area contributed by atoms with Crippen molar-refractivity contribution in [3.05, 3.63) is 59.3 Å². The lowest BCUT2D eigenvalue weighted by Crippen LogP contribution is -2.59. The van der Waals surface area contributed by atoms with Crippen molar-refractivity contribution in [2.75, 3.05) is 25.4 Å². The number of pyridine rings is 1. The first-order valence-corrected chi connectivity index (χ1v) is 10.2. The number of halogens is 2. The number of amides is 2. The lowest BCUT2D eigenvalue weighted by atomic mass is 10.1. The van der Waals surface area contributed by atoms with Crippen molar-refractivity contribution in [1.29, 1.82) is 0 Å². The molecule has 10 heteroatoms. The van der Waals surface area contributed by atoms with Gasteiger partial charge in [0.05, 0.1) is 6.04 Å². The summed E-state index contributed by atoms with van der Waals surface area (Å²) >= 11 is 0. The Kier molecular flexibility index (Phi) is 11.4. The van der Waals surface area contributed by atoms with Gasteiger partial charge in [-0.1, -0.05) is 36.4 Å². The molecule has 2 amide bonds. The molecule has 1 aromatic heterocycles. The first-order valence-electron chi connectivity index (χ1n) is 10.2. The number of nitrogens with zero attached hydrogens (tertiary/aromatic N) is 2. The molecule has 0 bridgehead atoms. The van der Waals surface area contributed by atoms with E-state index in [9.17, 15) is 9.59 Å². The third-order valence-electron chi connectivity index (χ3n) is 5.25. The summed E-state index contributed by atoms with van der Waals surface area (Å²) in [4.78, 5) is 31.5. The minimum absolute atomic E-state index is 0. The van der Waals surface area contributed by atoms with Gasteiger partial charge in [-0.15, -0.1) is 24.8 Å². The van der Waals surface area contributed by atoms with Gasteiger partial charge < -0.3 is 21.7 Å². The van der Waals surface area contributed by atoms with Gasteiger partial charge >= 0.3 is 0 Å². The average molecular weight is 483 g/mol. The summed E-state index contributed by atoms with van der Waals surface area (Å²) in [5, 5.41) is 8.91. The van der Waals surface area contributed by atoms with E-state index < -0.39 is 6.04 Å². The topological polar surface area (TPSA) is 112 Å². The van der Waals surface area contributed by atoms with Crippen molar-refractivity contribution in [3.63, 3.8) is 0 Å². The van der Waals surface area contributed by atoms with Gasteiger partial charge in [-0.25, -0.2) is 4.98 Å². The molecule has 176 valence electrons. The third kappa shape index (κ3) is 7.94. The van der Waals surface area contributed by atoms with Crippen molar-refractivity contribution in [2.24, 2.45) is 0 Å². The molecule has 2 unspecified atom stereocenters. The summed E-state index contributed by atoms with van der Waals surface area (Å²) in [6.45, 7) is 6.89. The number of aromatic nitrogens is 1. The van der Waals surface area contributed by atoms with Crippen molar-refractivity contribution >= 4 is 42.4 Å². The molecule has 5 N–H and O–H groups in total. The molecular weight excluding hydrogens is 451 g/mol. The number of benzene rings is 1. The van der Waals surface area contributed by atoms with E-state index in [0.29, 0.717) is 18.9 Å². The lowest BCUT2D eigenvalue weighted by Gasteiger charge is -2.33. The first-order chi connectivity index (χ1) is 14.4. The summed E-state index contributed by atoms with van der Waals surface area (Å²) < 4.78 is 0. The molecule has 1 fully saturated rings. The molecule has 2 heterocycles. The molecule has 0 saturated carbocycles. The van der Waals surface area contributed by atoms with Crippen molar-refractivity contribution in [1.82, 2.24) is 25.8 Å². The van der Waals surface area contributed by atoms with Crippen LogP contribution in [0.15, 0.2) is 42.5 Å². The second kappa shape index (κ2) is 13.2. The maximum Gasteiger partial charge on any atom is 0.242 e. The normalized spacial score (nSPS) is 16.8. The molecule has 1 saturated heterocycles. The van der Waals surface area contributed by atoms with Gasteiger partial charge in [0, 0.05) is 38.4 Å². The van der Waals surface area contributed by atoms with Gasteiger partial charge in [-0.2, -0.15) is 0 Å². The number of rotatable bonds is 7.